The third-order valence-electron chi connectivity index (χ3n) is 8.64. The second kappa shape index (κ2) is 11.4. The zero-order valence-electron chi connectivity index (χ0n) is 24.0. The van der Waals surface area contributed by atoms with Crippen LogP contribution in [-0.2, 0) is 0 Å². The molecule has 9 heteroatoms. The van der Waals surface area contributed by atoms with Crippen LogP contribution in [0.2, 0.25) is 0 Å². The fourth-order valence-corrected chi connectivity index (χ4v) is 6.35. The number of para-hydroxylation sites is 4. The second-order valence-electron chi connectivity index (χ2n) is 11.3. The van der Waals surface area contributed by atoms with Crippen molar-refractivity contribution in [3.63, 3.8) is 0 Å². The molecule has 0 unspecified atom stereocenters. The Morgan fingerprint density at radius 3 is 1.84 bits per heavy atom. The Kier molecular flexibility index (Phi) is 7.16. The average molecular weight is 575 g/mol. The summed E-state index contributed by atoms with van der Waals surface area (Å²) in [5.41, 5.74) is 7.16. The Labute approximate surface area is 248 Å². The van der Waals surface area contributed by atoms with Gasteiger partial charge in [-0.15, -0.1) is 0 Å². The summed E-state index contributed by atoms with van der Waals surface area (Å²) >= 11 is 0. The maximum atomic E-state index is 12.9. The van der Waals surface area contributed by atoms with Gasteiger partial charge >= 0.3 is 11.4 Å². The Hall–Kier alpha value is -4.89. The van der Waals surface area contributed by atoms with Crippen LogP contribution in [0.5, 0.6) is 0 Å². The van der Waals surface area contributed by atoms with E-state index in [1.54, 1.807) is 9.13 Å². The Bertz CT molecular complexity index is 1990. The molecule has 0 spiro atoms. The van der Waals surface area contributed by atoms with Crippen molar-refractivity contribution < 1.29 is 4.79 Å². The first-order valence-electron chi connectivity index (χ1n) is 14.9. The minimum atomic E-state index is -0.104. The summed E-state index contributed by atoms with van der Waals surface area (Å²) in [6.07, 6.45) is 7.09. The molecular weight excluding hydrogens is 540 g/mol. The Morgan fingerprint density at radius 1 is 0.698 bits per heavy atom. The largest absolute Gasteiger partial charge is 0.367 e. The molecule has 0 atom stereocenters. The predicted molar refractivity (Wildman–Crippen MR) is 172 cm³/mol. The summed E-state index contributed by atoms with van der Waals surface area (Å²) in [6.45, 7) is 3.98. The number of nitrogens with one attached hydrogen (secondary N) is 2. The van der Waals surface area contributed by atoms with Crippen LogP contribution in [0.4, 0.5) is 5.69 Å². The molecule has 2 N–H and O–H groups in total. The van der Waals surface area contributed by atoms with Gasteiger partial charge in [0.15, 0.2) is 5.78 Å². The fourth-order valence-electron chi connectivity index (χ4n) is 6.35. The van der Waals surface area contributed by atoms with Crippen LogP contribution in [0.25, 0.3) is 33.5 Å². The van der Waals surface area contributed by atoms with Gasteiger partial charge in [0.05, 0.1) is 22.1 Å². The van der Waals surface area contributed by atoms with Crippen molar-refractivity contribution in [2.24, 2.45) is 0 Å². The van der Waals surface area contributed by atoms with Crippen molar-refractivity contribution in [2.75, 3.05) is 37.6 Å². The maximum Gasteiger partial charge on any atom is 0.330 e. The summed E-state index contributed by atoms with van der Waals surface area (Å²) in [6, 6.07) is 23.4. The van der Waals surface area contributed by atoms with Crippen LogP contribution in [0.15, 0.2) is 94.5 Å². The first-order chi connectivity index (χ1) is 21.0. The number of ketones is 1. The van der Waals surface area contributed by atoms with Crippen LogP contribution in [0.1, 0.15) is 36.0 Å². The third kappa shape index (κ3) is 5.28. The summed E-state index contributed by atoms with van der Waals surface area (Å²) in [5.74, 6) is 0.157. The average Bonchev–Trinajstić information content (AvgIpc) is 3.56. The van der Waals surface area contributed by atoms with E-state index in [4.69, 9.17) is 0 Å². The number of benzene rings is 3. The number of H-pyrrole nitrogens is 2. The summed E-state index contributed by atoms with van der Waals surface area (Å²) in [7, 11) is 0. The molecule has 5 aromatic rings. The highest BCUT2D eigenvalue weighted by atomic mass is 16.2. The van der Waals surface area contributed by atoms with Gasteiger partial charge in [0.1, 0.15) is 0 Å². The molecule has 0 saturated carbocycles. The number of rotatable bonds is 8. The predicted octanol–water partition coefficient (Wildman–Crippen LogP) is 4.93. The normalized spacial score (nSPS) is 16.0. The van der Waals surface area contributed by atoms with E-state index in [1.807, 2.05) is 72.8 Å². The van der Waals surface area contributed by atoms with Crippen molar-refractivity contribution in [2.45, 2.75) is 25.7 Å². The Morgan fingerprint density at radius 2 is 1.28 bits per heavy atom. The highest BCUT2D eigenvalue weighted by Gasteiger charge is 2.19. The molecule has 2 aliphatic rings. The number of nitrogens with zero attached hydrogens (tertiary/aromatic N) is 4. The molecule has 0 fully saturated rings. The molecule has 0 amide bonds. The number of hydrogen-bond donors (Lipinski definition) is 2. The molecule has 0 bridgehead atoms. The van der Waals surface area contributed by atoms with Gasteiger partial charge in [-0.3, -0.25) is 18.8 Å². The summed E-state index contributed by atoms with van der Waals surface area (Å²) in [4.78, 5) is 48.5. The lowest BCUT2D eigenvalue weighted by Gasteiger charge is -2.28. The smallest absolute Gasteiger partial charge is 0.330 e. The number of Topliss-reactive ketones (excluding diaryl/α,β-unsaturated/α-hetero) is 1. The highest BCUT2D eigenvalue weighted by Crippen LogP contribution is 2.25. The van der Waals surface area contributed by atoms with Gasteiger partial charge in [0.25, 0.3) is 0 Å². The van der Waals surface area contributed by atoms with E-state index in [0.29, 0.717) is 13.0 Å². The van der Waals surface area contributed by atoms with E-state index in [1.165, 1.54) is 0 Å². The van der Waals surface area contributed by atoms with Gasteiger partial charge in [0, 0.05) is 68.1 Å². The fraction of sp³-hybridized carbons (Fsp3) is 0.265. The van der Waals surface area contributed by atoms with Gasteiger partial charge in [0.2, 0.25) is 0 Å². The molecule has 2 aromatic heterocycles. The number of hydrogen-bond acceptors (Lipinski definition) is 5. The van der Waals surface area contributed by atoms with Crippen LogP contribution in [0.3, 0.4) is 0 Å². The number of aromatic nitrogens is 4. The quantitative estimate of drug-likeness (QED) is 0.256. The van der Waals surface area contributed by atoms with Gasteiger partial charge < -0.3 is 14.9 Å². The van der Waals surface area contributed by atoms with E-state index in [-0.39, 0.29) is 17.2 Å². The van der Waals surface area contributed by atoms with E-state index in [0.717, 1.165) is 90.2 Å². The highest BCUT2D eigenvalue weighted by molar-refractivity contribution is 5.96. The van der Waals surface area contributed by atoms with Crippen LogP contribution in [0, 0.1) is 0 Å². The number of imidazole rings is 2. The minimum Gasteiger partial charge on any atom is -0.367 e. The van der Waals surface area contributed by atoms with E-state index in [2.05, 4.69) is 31.9 Å². The van der Waals surface area contributed by atoms with Gasteiger partial charge in [-0.2, -0.15) is 0 Å². The van der Waals surface area contributed by atoms with Gasteiger partial charge in [-0.05, 0) is 67.6 Å². The summed E-state index contributed by atoms with van der Waals surface area (Å²) < 4.78 is 3.56. The van der Waals surface area contributed by atoms with Crippen molar-refractivity contribution in [1.29, 1.82) is 0 Å². The lowest BCUT2D eigenvalue weighted by Crippen LogP contribution is -2.32. The molecule has 2 aliphatic heterocycles. The third-order valence-corrected chi connectivity index (χ3v) is 8.64. The molecule has 0 radical (unpaired) electrons. The molecule has 0 aliphatic carbocycles. The van der Waals surface area contributed by atoms with Crippen molar-refractivity contribution in [3.8, 4) is 0 Å². The molecule has 9 nitrogen and oxygen atoms in total. The first kappa shape index (κ1) is 27.0. The first-order valence-corrected chi connectivity index (χ1v) is 14.9. The zero-order valence-corrected chi connectivity index (χ0v) is 24.0. The van der Waals surface area contributed by atoms with Crippen molar-refractivity contribution >= 4 is 44.9 Å². The lowest BCUT2D eigenvalue weighted by molar-refractivity contribution is 0.0975. The molecule has 0 saturated heterocycles. The minimum absolute atomic E-state index is 0.0960. The van der Waals surface area contributed by atoms with E-state index >= 15 is 0 Å². The standard InChI is InChI=1S/C34H34N6O3/c41-32(10-5-19-37-20-15-26(16-21-37)39-30-8-3-1-6-28(30)35-33(39)42)24-11-13-25(14-12-24)38-22-17-27(18-23-38)40-31-9-4-2-7-29(31)36-34(40)43/h1-4,6-9,11-15,17H,5,10,16,18-23H2,(H,35,42)(H,36,43). The number of carbonyl (C=O) groups excluding carboxylic acids is 1. The van der Waals surface area contributed by atoms with Crippen LogP contribution in [-0.4, -0.2) is 62.5 Å². The zero-order chi connectivity index (χ0) is 29.3. The van der Waals surface area contributed by atoms with Gasteiger partial charge in [-0.25, -0.2) is 9.59 Å². The number of fused-ring (bicyclic) bond motifs is 2. The topological polar surface area (TPSA) is 99.1 Å². The Balaban J connectivity index is 0.915. The molecule has 218 valence electrons. The molecule has 43 heavy (non-hydrogen) atoms. The molecule has 4 heterocycles. The molecular formula is C34H34N6O3. The number of carbonyl (C=O) groups is 1. The number of anilines is 1. The van der Waals surface area contributed by atoms with E-state index in [9.17, 15) is 14.4 Å². The van der Waals surface area contributed by atoms with Crippen LogP contribution < -0.4 is 16.3 Å². The van der Waals surface area contributed by atoms with Crippen molar-refractivity contribution in [1.82, 2.24) is 24.0 Å². The SMILES string of the molecule is O=C(CCCN1CC=C(n2c(=O)[nH]c3ccccc32)CC1)c1ccc(N2CC=C(n3c(=O)[nH]c4ccccc43)CC2)cc1. The van der Waals surface area contributed by atoms with Gasteiger partial charge in [-0.1, -0.05) is 30.3 Å². The monoisotopic (exact) mass is 574 g/mol. The maximum absolute atomic E-state index is 12.9. The van der Waals surface area contributed by atoms with E-state index < -0.39 is 0 Å². The summed E-state index contributed by atoms with van der Waals surface area (Å²) in [5, 5.41) is 0. The number of aromatic amines is 2. The molecule has 7 rings (SSSR count). The van der Waals surface area contributed by atoms with Crippen molar-refractivity contribution in [3.05, 3.63) is 111 Å². The van der Waals surface area contributed by atoms with Crippen LogP contribution >= 0.6 is 0 Å². The second-order valence-corrected chi connectivity index (χ2v) is 11.3. The lowest BCUT2D eigenvalue weighted by atomic mass is 10.0. The molecule has 3 aromatic carbocycles.